The first kappa shape index (κ1) is 23.4. The van der Waals surface area contributed by atoms with Crippen LogP contribution in [0, 0.1) is 5.92 Å². The molecular formula is C13H20F6N2O4. The standard InChI is InChI=1S/C9H18N2.2C2HF3O2/c10-9-3-5-11(6-4-9)7-8-1-2-8;2*3-2(4,5)1(6)7/h8-9H,1-7,10H2;2*(H,6,7). The van der Waals surface area contributed by atoms with Gasteiger partial charge in [0.25, 0.3) is 0 Å². The van der Waals surface area contributed by atoms with Crippen molar-refractivity contribution in [1.82, 2.24) is 4.90 Å². The van der Waals surface area contributed by atoms with Gasteiger partial charge in [-0.1, -0.05) is 0 Å². The Morgan fingerprint density at radius 3 is 1.44 bits per heavy atom. The zero-order valence-electron chi connectivity index (χ0n) is 13.1. The summed E-state index contributed by atoms with van der Waals surface area (Å²) in [6.45, 7) is 3.85. The Morgan fingerprint density at radius 2 is 1.20 bits per heavy atom. The van der Waals surface area contributed by atoms with Gasteiger partial charge >= 0.3 is 24.3 Å². The van der Waals surface area contributed by atoms with Gasteiger partial charge in [0.2, 0.25) is 0 Å². The topological polar surface area (TPSA) is 104 Å². The lowest BCUT2D eigenvalue weighted by Gasteiger charge is -2.29. The molecular weight excluding hydrogens is 362 g/mol. The van der Waals surface area contributed by atoms with E-state index in [0.717, 1.165) is 5.92 Å². The summed E-state index contributed by atoms with van der Waals surface area (Å²) in [5, 5.41) is 14.2. The van der Waals surface area contributed by atoms with Crippen LogP contribution in [0.4, 0.5) is 26.3 Å². The molecule has 0 bridgehead atoms. The van der Waals surface area contributed by atoms with E-state index in [4.69, 9.17) is 25.5 Å². The second-order valence-electron chi connectivity index (χ2n) is 5.69. The second-order valence-corrected chi connectivity index (χ2v) is 5.69. The Kier molecular flexibility index (Phi) is 9.19. The normalized spacial score (nSPS) is 19.2. The highest BCUT2D eigenvalue weighted by Gasteiger charge is 2.38. The summed E-state index contributed by atoms with van der Waals surface area (Å²) in [5.41, 5.74) is 5.82. The van der Waals surface area contributed by atoms with Crippen LogP contribution in [0.1, 0.15) is 25.7 Å². The smallest absolute Gasteiger partial charge is 0.475 e. The molecule has 148 valence electrons. The number of likely N-dealkylation sites (tertiary alicyclic amines) is 1. The summed E-state index contributed by atoms with van der Waals surface area (Å²) in [4.78, 5) is 20.4. The number of hydrogen-bond donors (Lipinski definition) is 3. The van der Waals surface area contributed by atoms with Crippen LogP contribution in [-0.2, 0) is 9.59 Å². The molecule has 6 nitrogen and oxygen atoms in total. The molecule has 2 fully saturated rings. The van der Waals surface area contributed by atoms with Crippen molar-refractivity contribution in [3.63, 3.8) is 0 Å². The Hall–Kier alpha value is -1.56. The lowest BCUT2D eigenvalue weighted by Crippen LogP contribution is -2.40. The van der Waals surface area contributed by atoms with Gasteiger partial charge in [-0.2, -0.15) is 26.3 Å². The Bertz CT molecular complexity index is 405. The lowest BCUT2D eigenvalue weighted by atomic mass is 10.1. The largest absolute Gasteiger partial charge is 0.490 e. The average Bonchev–Trinajstić information content (AvgIpc) is 3.24. The van der Waals surface area contributed by atoms with Crippen molar-refractivity contribution in [1.29, 1.82) is 0 Å². The third-order valence-corrected chi connectivity index (χ3v) is 3.33. The van der Waals surface area contributed by atoms with Crippen molar-refractivity contribution in [2.75, 3.05) is 19.6 Å². The number of carbonyl (C=O) groups is 2. The first-order valence-corrected chi connectivity index (χ1v) is 7.31. The van der Waals surface area contributed by atoms with E-state index < -0.39 is 24.3 Å². The summed E-state index contributed by atoms with van der Waals surface area (Å²) in [5.74, 6) is -4.47. The second kappa shape index (κ2) is 9.80. The number of piperidine rings is 1. The monoisotopic (exact) mass is 382 g/mol. The molecule has 1 heterocycles. The fourth-order valence-corrected chi connectivity index (χ4v) is 1.80. The van der Waals surface area contributed by atoms with E-state index in [9.17, 15) is 26.3 Å². The zero-order chi connectivity index (χ0) is 19.8. The Morgan fingerprint density at radius 1 is 0.880 bits per heavy atom. The van der Waals surface area contributed by atoms with Crippen LogP contribution in [0.5, 0.6) is 0 Å². The minimum Gasteiger partial charge on any atom is -0.475 e. The molecule has 12 heteroatoms. The number of carboxylic acids is 2. The van der Waals surface area contributed by atoms with E-state index in [1.165, 1.54) is 45.3 Å². The van der Waals surface area contributed by atoms with Gasteiger partial charge in [0.15, 0.2) is 0 Å². The number of nitrogens with two attached hydrogens (primary N) is 1. The predicted octanol–water partition coefficient (Wildman–Crippen LogP) is 2.09. The SMILES string of the molecule is NC1CCN(CC2CC2)CC1.O=C(O)C(F)(F)F.O=C(O)C(F)(F)F. The summed E-state index contributed by atoms with van der Waals surface area (Å²) < 4.78 is 63.5. The highest BCUT2D eigenvalue weighted by molar-refractivity contribution is 5.73. The van der Waals surface area contributed by atoms with E-state index in [2.05, 4.69) is 4.90 Å². The molecule has 0 aromatic heterocycles. The van der Waals surface area contributed by atoms with Gasteiger partial charge in [-0.25, -0.2) is 9.59 Å². The molecule has 0 atom stereocenters. The Balaban J connectivity index is 0.000000366. The molecule has 0 amide bonds. The van der Waals surface area contributed by atoms with Gasteiger partial charge in [-0.3, -0.25) is 0 Å². The first-order valence-electron chi connectivity index (χ1n) is 7.31. The van der Waals surface area contributed by atoms with Crippen LogP contribution in [0.15, 0.2) is 0 Å². The molecule has 4 N–H and O–H groups in total. The first-order chi connectivity index (χ1) is 11.2. The summed E-state index contributed by atoms with van der Waals surface area (Å²) >= 11 is 0. The molecule has 0 spiro atoms. The number of aliphatic carboxylic acids is 2. The quantitative estimate of drug-likeness (QED) is 0.632. The maximum absolute atomic E-state index is 10.6. The van der Waals surface area contributed by atoms with E-state index in [-0.39, 0.29) is 0 Å². The minimum atomic E-state index is -5.08. The molecule has 0 aromatic rings. The maximum atomic E-state index is 10.6. The third-order valence-electron chi connectivity index (χ3n) is 3.33. The number of halogens is 6. The Labute approximate surface area is 139 Å². The molecule has 0 unspecified atom stereocenters. The number of rotatable bonds is 2. The predicted molar refractivity (Wildman–Crippen MR) is 73.8 cm³/mol. The average molecular weight is 382 g/mol. The van der Waals surface area contributed by atoms with Gasteiger partial charge < -0.3 is 20.8 Å². The minimum absolute atomic E-state index is 0.491. The van der Waals surface area contributed by atoms with Crippen molar-refractivity contribution < 1.29 is 46.1 Å². The molecule has 25 heavy (non-hydrogen) atoms. The maximum Gasteiger partial charge on any atom is 0.490 e. The summed E-state index contributed by atoms with van der Waals surface area (Å²) in [7, 11) is 0. The van der Waals surface area contributed by atoms with Crippen LogP contribution >= 0.6 is 0 Å². The number of carboxylic acid groups (broad SMARTS) is 2. The summed E-state index contributed by atoms with van der Waals surface area (Å²) in [6.07, 6.45) is -4.79. The van der Waals surface area contributed by atoms with Crippen molar-refractivity contribution in [2.45, 2.75) is 44.1 Å². The molecule has 1 saturated carbocycles. The number of alkyl halides is 6. The van der Waals surface area contributed by atoms with Gasteiger partial charge in [0.05, 0.1) is 0 Å². The molecule has 1 aliphatic heterocycles. The van der Waals surface area contributed by atoms with E-state index in [1.54, 1.807) is 0 Å². The van der Waals surface area contributed by atoms with Crippen LogP contribution in [-0.4, -0.2) is 65.1 Å². The van der Waals surface area contributed by atoms with Crippen molar-refractivity contribution >= 4 is 11.9 Å². The molecule has 1 saturated heterocycles. The van der Waals surface area contributed by atoms with Gasteiger partial charge in [0, 0.05) is 12.6 Å². The third kappa shape index (κ3) is 12.5. The highest BCUT2D eigenvalue weighted by Crippen LogP contribution is 2.30. The van der Waals surface area contributed by atoms with Crippen molar-refractivity contribution in [3.05, 3.63) is 0 Å². The molecule has 2 aliphatic rings. The molecule has 0 aromatic carbocycles. The molecule has 1 aliphatic carbocycles. The molecule has 0 radical (unpaired) electrons. The van der Waals surface area contributed by atoms with Crippen LogP contribution in [0.2, 0.25) is 0 Å². The van der Waals surface area contributed by atoms with E-state index in [0.29, 0.717) is 6.04 Å². The van der Waals surface area contributed by atoms with Crippen molar-refractivity contribution in [2.24, 2.45) is 11.7 Å². The number of hydrogen-bond acceptors (Lipinski definition) is 4. The van der Waals surface area contributed by atoms with Crippen LogP contribution in [0.25, 0.3) is 0 Å². The zero-order valence-corrected chi connectivity index (χ0v) is 13.1. The van der Waals surface area contributed by atoms with Gasteiger partial charge in [0.1, 0.15) is 0 Å². The lowest BCUT2D eigenvalue weighted by molar-refractivity contribution is -0.193. The fourth-order valence-electron chi connectivity index (χ4n) is 1.80. The highest BCUT2D eigenvalue weighted by atomic mass is 19.4. The fraction of sp³-hybridized carbons (Fsp3) is 0.846. The van der Waals surface area contributed by atoms with Crippen LogP contribution in [0.3, 0.4) is 0 Å². The van der Waals surface area contributed by atoms with Gasteiger partial charge in [-0.15, -0.1) is 0 Å². The van der Waals surface area contributed by atoms with Gasteiger partial charge in [-0.05, 0) is 44.7 Å². The van der Waals surface area contributed by atoms with E-state index >= 15 is 0 Å². The van der Waals surface area contributed by atoms with Crippen LogP contribution < -0.4 is 5.73 Å². The van der Waals surface area contributed by atoms with Crippen molar-refractivity contribution in [3.8, 4) is 0 Å². The number of nitrogens with zero attached hydrogens (tertiary/aromatic N) is 1. The summed E-state index contributed by atoms with van der Waals surface area (Å²) in [6, 6.07) is 0.491. The molecule has 2 rings (SSSR count). The van der Waals surface area contributed by atoms with E-state index in [1.807, 2.05) is 0 Å².